The summed E-state index contributed by atoms with van der Waals surface area (Å²) < 4.78 is 4.99. The number of rotatable bonds is 6. The van der Waals surface area contributed by atoms with Gasteiger partial charge in [-0.05, 0) is 48.5 Å². The van der Waals surface area contributed by atoms with Crippen molar-refractivity contribution in [2.45, 2.75) is 19.8 Å². The number of nitrogens with zero attached hydrogens (tertiary/aromatic N) is 1. The number of nitrogens with one attached hydrogen (secondary N) is 2. The molecule has 30 heavy (non-hydrogen) atoms. The van der Waals surface area contributed by atoms with Crippen LogP contribution in [0.4, 0.5) is 17.1 Å². The summed E-state index contributed by atoms with van der Waals surface area (Å²) in [6.07, 6.45) is 0.349. The van der Waals surface area contributed by atoms with Gasteiger partial charge in [0.2, 0.25) is 17.7 Å². The molecule has 1 saturated heterocycles. The van der Waals surface area contributed by atoms with Crippen LogP contribution in [0.5, 0.6) is 0 Å². The number of benzene rings is 2. The molecule has 0 radical (unpaired) electrons. The highest BCUT2D eigenvalue weighted by atomic mass is 16.5. The average Bonchev–Trinajstić information content (AvgIpc) is 3.05. The zero-order valence-corrected chi connectivity index (χ0v) is 16.1. The molecular formula is C21H19N3O6. The van der Waals surface area contributed by atoms with Crippen molar-refractivity contribution in [3.8, 4) is 0 Å². The summed E-state index contributed by atoms with van der Waals surface area (Å²) in [5.41, 5.74) is 1.65. The van der Waals surface area contributed by atoms with Gasteiger partial charge in [0, 0.05) is 31.1 Å². The maximum absolute atomic E-state index is 12.1. The number of carbonyl (C=O) groups excluding carboxylic acids is 5. The molecule has 0 saturated carbocycles. The number of imide groups is 1. The topological polar surface area (TPSA) is 122 Å². The predicted octanol–water partition coefficient (Wildman–Crippen LogP) is 2.09. The van der Waals surface area contributed by atoms with Gasteiger partial charge in [0.25, 0.3) is 5.91 Å². The first-order valence-electron chi connectivity index (χ1n) is 9.14. The minimum atomic E-state index is -0.711. The molecular weight excluding hydrogens is 390 g/mol. The van der Waals surface area contributed by atoms with Gasteiger partial charge in [-0.15, -0.1) is 0 Å². The van der Waals surface area contributed by atoms with Crippen LogP contribution in [-0.2, 0) is 23.9 Å². The van der Waals surface area contributed by atoms with Gasteiger partial charge in [0.1, 0.15) is 0 Å². The van der Waals surface area contributed by atoms with Gasteiger partial charge in [0.15, 0.2) is 6.61 Å². The minimum absolute atomic E-state index is 0.174. The summed E-state index contributed by atoms with van der Waals surface area (Å²) in [6.45, 7) is 0.903. The van der Waals surface area contributed by atoms with E-state index in [-0.39, 0.29) is 36.1 Å². The molecule has 0 atom stereocenters. The van der Waals surface area contributed by atoms with E-state index < -0.39 is 18.5 Å². The van der Waals surface area contributed by atoms with E-state index in [4.69, 9.17) is 4.74 Å². The molecule has 0 spiro atoms. The summed E-state index contributed by atoms with van der Waals surface area (Å²) in [7, 11) is 0. The minimum Gasteiger partial charge on any atom is -0.452 e. The molecule has 1 aliphatic heterocycles. The normalized spacial score (nSPS) is 13.2. The van der Waals surface area contributed by atoms with Crippen molar-refractivity contribution in [2.24, 2.45) is 0 Å². The number of anilines is 3. The molecule has 0 bridgehead atoms. The van der Waals surface area contributed by atoms with Crippen LogP contribution < -0.4 is 15.5 Å². The Hall–Kier alpha value is -4.01. The molecule has 3 rings (SSSR count). The SMILES string of the molecule is CC(=O)Nc1ccc(NC(=O)COC(=O)c2ccc(N3C(=O)CCC3=O)cc2)cc1. The molecule has 9 heteroatoms. The second-order valence-corrected chi connectivity index (χ2v) is 6.55. The second-order valence-electron chi connectivity index (χ2n) is 6.55. The zero-order valence-electron chi connectivity index (χ0n) is 16.1. The van der Waals surface area contributed by atoms with E-state index in [0.29, 0.717) is 17.1 Å². The van der Waals surface area contributed by atoms with E-state index in [9.17, 15) is 24.0 Å². The lowest BCUT2D eigenvalue weighted by molar-refractivity contribution is -0.121. The van der Waals surface area contributed by atoms with Crippen molar-refractivity contribution < 1.29 is 28.7 Å². The van der Waals surface area contributed by atoms with Crippen molar-refractivity contribution in [3.05, 3.63) is 54.1 Å². The number of amides is 4. The standard InChI is InChI=1S/C21H19N3O6/c1-13(25)22-15-4-6-16(7-5-15)23-18(26)12-30-21(29)14-2-8-17(9-3-14)24-19(27)10-11-20(24)28/h2-9H,10-12H2,1H3,(H,22,25)(H,23,26). The van der Waals surface area contributed by atoms with Crippen LogP contribution in [0.25, 0.3) is 0 Å². The third-order valence-electron chi connectivity index (χ3n) is 4.24. The number of ether oxygens (including phenoxy) is 1. The molecule has 2 aromatic carbocycles. The quantitative estimate of drug-likeness (QED) is 0.557. The first-order valence-corrected chi connectivity index (χ1v) is 9.14. The lowest BCUT2D eigenvalue weighted by atomic mass is 10.2. The zero-order chi connectivity index (χ0) is 21.7. The van der Waals surface area contributed by atoms with Crippen molar-refractivity contribution in [3.63, 3.8) is 0 Å². The van der Waals surface area contributed by atoms with Gasteiger partial charge in [-0.1, -0.05) is 0 Å². The summed E-state index contributed by atoms with van der Waals surface area (Å²) in [5.74, 6) is -2.00. The molecule has 9 nitrogen and oxygen atoms in total. The molecule has 0 aromatic heterocycles. The van der Waals surface area contributed by atoms with Gasteiger partial charge >= 0.3 is 5.97 Å². The lowest BCUT2D eigenvalue weighted by Gasteiger charge is -2.14. The third kappa shape index (κ3) is 5.07. The van der Waals surface area contributed by atoms with Gasteiger partial charge in [-0.25, -0.2) is 4.79 Å². The first-order chi connectivity index (χ1) is 14.3. The summed E-state index contributed by atoms with van der Waals surface area (Å²) in [5, 5.41) is 5.18. The van der Waals surface area contributed by atoms with Gasteiger partial charge in [0.05, 0.1) is 11.3 Å². The largest absolute Gasteiger partial charge is 0.452 e. The lowest BCUT2D eigenvalue weighted by Crippen LogP contribution is -2.28. The molecule has 1 fully saturated rings. The molecule has 0 unspecified atom stereocenters. The Morgan fingerprint density at radius 1 is 0.867 bits per heavy atom. The number of hydrogen-bond acceptors (Lipinski definition) is 6. The van der Waals surface area contributed by atoms with Crippen LogP contribution in [0.2, 0.25) is 0 Å². The monoisotopic (exact) mass is 409 g/mol. The Balaban J connectivity index is 1.51. The van der Waals surface area contributed by atoms with Crippen molar-refractivity contribution >= 4 is 46.7 Å². The number of hydrogen-bond donors (Lipinski definition) is 2. The molecule has 2 aromatic rings. The predicted molar refractivity (Wildman–Crippen MR) is 108 cm³/mol. The summed E-state index contributed by atoms with van der Waals surface area (Å²) in [4.78, 5) is 59.7. The van der Waals surface area contributed by atoms with Crippen LogP contribution in [0.1, 0.15) is 30.1 Å². The first kappa shape index (κ1) is 20.7. The molecule has 2 N–H and O–H groups in total. The van der Waals surface area contributed by atoms with Crippen molar-refractivity contribution in [2.75, 3.05) is 22.1 Å². The van der Waals surface area contributed by atoms with E-state index in [0.717, 1.165) is 4.90 Å². The maximum Gasteiger partial charge on any atom is 0.338 e. The van der Waals surface area contributed by atoms with E-state index in [1.807, 2.05) is 0 Å². The molecule has 4 amide bonds. The highest BCUT2D eigenvalue weighted by molar-refractivity contribution is 6.19. The summed E-state index contributed by atoms with van der Waals surface area (Å²) >= 11 is 0. The van der Waals surface area contributed by atoms with Crippen molar-refractivity contribution in [1.29, 1.82) is 0 Å². The van der Waals surface area contributed by atoms with Crippen LogP contribution in [0, 0.1) is 0 Å². The van der Waals surface area contributed by atoms with Crippen LogP contribution in [0.3, 0.4) is 0 Å². The van der Waals surface area contributed by atoms with Crippen molar-refractivity contribution in [1.82, 2.24) is 0 Å². The fraction of sp³-hybridized carbons (Fsp3) is 0.190. The Labute approximate surface area is 172 Å². The highest BCUT2D eigenvalue weighted by Crippen LogP contribution is 2.23. The maximum atomic E-state index is 12.1. The van der Waals surface area contributed by atoms with Gasteiger partial charge in [-0.2, -0.15) is 0 Å². The fourth-order valence-electron chi connectivity index (χ4n) is 2.86. The van der Waals surface area contributed by atoms with Crippen LogP contribution in [-0.4, -0.2) is 36.2 Å². The Morgan fingerprint density at radius 2 is 1.40 bits per heavy atom. The third-order valence-corrected chi connectivity index (χ3v) is 4.24. The average molecular weight is 409 g/mol. The van der Waals surface area contributed by atoms with Gasteiger partial charge < -0.3 is 15.4 Å². The van der Waals surface area contributed by atoms with E-state index in [1.165, 1.54) is 31.2 Å². The molecule has 1 heterocycles. The molecule has 0 aliphatic carbocycles. The summed E-state index contributed by atoms with van der Waals surface area (Å²) in [6, 6.07) is 12.3. The van der Waals surface area contributed by atoms with Crippen LogP contribution >= 0.6 is 0 Å². The van der Waals surface area contributed by atoms with Gasteiger partial charge in [-0.3, -0.25) is 24.1 Å². The molecule has 154 valence electrons. The Morgan fingerprint density at radius 3 is 1.93 bits per heavy atom. The van der Waals surface area contributed by atoms with E-state index in [2.05, 4.69) is 10.6 Å². The Kier molecular flexibility index (Phi) is 6.21. The van der Waals surface area contributed by atoms with Crippen LogP contribution in [0.15, 0.2) is 48.5 Å². The Bertz CT molecular complexity index is 982. The van der Waals surface area contributed by atoms with E-state index in [1.54, 1.807) is 24.3 Å². The fourth-order valence-corrected chi connectivity index (χ4v) is 2.86. The number of carbonyl (C=O) groups is 5. The molecule has 1 aliphatic rings. The highest BCUT2D eigenvalue weighted by Gasteiger charge is 2.30. The number of esters is 1. The second kappa shape index (κ2) is 8.99. The van der Waals surface area contributed by atoms with E-state index >= 15 is 0 Å². The smallest absolute Gasteiger partial charge is 0.338 e.